The Balaban J connectivity index is 2.81. The molecule has 0 N–H and O–H groups in total. The number of nitrogens with zero attached hydrogens (tertiary/aromatic N) is 1. The van der Waals surface area contributed by atoms with Gasteiger partial charge in [-0.3, -0.25) is 0 Å². The number of benzene rings is 1. The van der Waals surface area contributed by atoms with Crippen molar-refractivity contribution in [2.45, 2.75) is 6.42 Å². The zero-order valence-electron chi connectivity index (χ0n) is 5.46. The van der Waals surface area contributed by atoms with Gasteiger partial charge in [-0.15, -0.1) is 0 Å². The van der Waals surface area contributed by atoms with Crippen molar-refractivity contribution >= 4 is 28.9 Å². The maximum atomic E-state index is 8.35. The Morgan fingerprint density at radius 2 is 1.90 bits per heavy atom. The van der Waals surface area contributed by atoms with Gasteiger partial charge >= 0.3 is 76.5 Å². The summed E-state index contributed by atoms with van der Waals surface area (Å²) in [5.41, 5.74) is 1.11. The van der Waals surface area contributed by atoms with E-state index in [4.69, 9.17) is 5.26 Å². The normalized spacial score (nSPS) is 8.80. The van der Waals surface area contributed by atoms with Crippen LogP contribution in [0, 0.1) is 11.3 Å². The zero-order valence-corrected chi connectivity index (χ0v) is 9.35. The molecule has 1 aromatic carbocycles. The van der Waals surface area contributed by atoms with E-state index in [2.05, 4.69) is 18.2 Å². The summed E-state index contributed by atoms with van der Waals surface area (Å²) < 4.78 is 1.38. The molecule has 0 heterocycles. The zero-order chi connectivity index (χ0) is 7.40. The average molecular weight is 323 g/mol. The molecule has 0 spiro atoms. The summed E-state index contributed by atoms with van der Waals surface area (Å²) in [6, 6.07) is 10.3. The van der Waals surface area contributed by atoms with Crippen LogP contribution in [0.2, 0.25) is 0 Å². The molecular weight excluding hydrogens is 317 g/mol. The van der Waals surface area contributed by atoms with Crippen molar-refractivity contribution < 1.29 is 0 Å². The van der Waals surface area contributed by atoms with Crippen molar-refractivity contribution in [1.29, 1.82) is 5.26 Å². The first-order chi connectivity index (χ1) is 4.83. The molecule has 0 amide bonds. The van der Waals surface area contributed by atoms with Crippen molar-refractivity contribution in [3.8, 4) is 6.07 Å². The maximum absolute atomic E-state index is 8.35. The molecule has 0 saturated carbocycles. The summed E-state index contributed by atoms with van der Waals surface area (Å²) >= 11 is 1.09. The molecular formula is C8H6NPb. The van der Waals surface area contributed by atoms with Gasteiger partial charge in [-0.1, -0.05) is 0 Å². The molecule has 1 rings (SSSR count). The third kappa shape index (κ3) is 2.10. The predicted octanol–water partition coefficient (Wildman–Crippen LogP) is 0.546. The second-order valence-electron chi connectivity index (χ2n) is 2.03. The van der Waals surface area contributed by atoms with Crippen molar-refractivity contribution in [2.75, 3.05) is 0 Å². The van der Waals surface area contributed by atoms with Gasteiger partial charge < -0.3 is 0 Å². The van der Waals surface area contributed by atoms with Crippen LogP contribution in [0.4, 0.5) is 0 Å². The van der Waals surface area contributed by atoms with Gasteiger partial charge in [0, 0.05) is 0 Å². The topological polar surface area (TPSA) is 23.8 Å². The van der Waals surface area contributed by atoms with Crippen LogP contribution in [-0.2, 0) is 6.42 Å². The summed E-state index contributed by atoms with van der Waals surface area (Å²) in [4.78, 5) is 0. The molecule has 0 saturated heterocycles. The average Bonchev–Trinajstić information content (AvgIpc) is 1.95. The summed E-state index contributed by atoms with van der Waals surface area (Å²) in [7, 11) is 0. The van der Waals surface area contributed by atoms with Crippen molar-refractivity contribution in [3.63, 3.8) is 0 Å². The van der Waals surface area contributed by atoms with Gasteiger partial charge in [-0.05, 0) is 0 Å². The van der Waals surface area contributed by atoms with E-state index in [1.807, 2.05) is 12.1 Å². The second-order valence-corrected chi connectivity index (χ2v) is 4.28. The van der Waals surface area contributed by atoms with Gasteiger partial charge in [-0.2, -0.15) is 0 Å². The van der Waals surface area contributed by atoms with Gasteiger partial charge in [0.25, 0.3) is 0 Å². The van der Waals surface area contributed by atoms with Crippen molar-refractivity contribution in [2.24, 2.45) is 0 Å². The summed E-state index contributed by atoms with van der Waals surface area (Å²) in [5.74, 6) is 0. The Hall–Kier alpha value is -0.368. The van der Waals surface area contributed by atoms with Crippen molar-refractivity contribution in [3.05, 3.63) is 29.8 Å². The number of nitriles is 1. The molecule has 0 bridgehead atoms. The van der Waals surface area contributed by atoms with E-state index < -0.39 is 0 Å². The quantitative estimate of drug-likeness (QED) is 0.693. The van der Waals surface area contributed by atoms with E-state index in [-0.39, 0.29) is 0 Å². The molecule has 0 aliphatic heterocycles. The molecule has 1 nitrogen and oxygen atoms in total. The fraction of sp³-hybridized carbons (Fsp3) is 0.125. The third-order valence-corrected chi connectivity index (χ3v) is 2.53. The molecule has 3 radical (unpaired) electrons. The number of hydrogen-bond donors (Lipinski definition) is 0. The molecule has 47 valence electrons. The first-order valence-corrected chi connectivity index (χ1v) is 4.95. The van der Waals surface area contributed by atoms with E-state index in [1.165, 1.54) is 3.12 Å². The van der Waals surface area contributed by atoms with Crippen LogP contribution >= 0.6 is 0 Å². The monoisotopic (exact) mass is 324 g/mol. The molecule has 0 aliphatic rings. The molecule has 10 heavy (non-hydrogen) atoms. The van der Waals surface area contributed by atoms with Crippen molar-refractivity contribution in [1.82, 2.24) is 0 Å². The van der Waals surface area contributed by atoms with Crippen LogP contribution in [0.25, 0.3) is 0 Å². The van der Waals surface area contributed by atoms with E-state index in [1.54, 1.807) is 0 Å². The van der Waals surface area contributed by atoms with Gasteiger partial charge in [0.2, 0.25) is 0 Å². The Bertz CT molecular complexity index is 245. The predicted molar refractivity (Wildman–Crippen MR) is 41.1 cm³/mol. The van der Waals surface area contributed by atoms with E-state index in [0.29, 0.717) is 6.42 Å². The van der Waals surface area contributed by atoms with Gasteiger partial charge in [0.15, 0.2) is 0 Å². The fourth-order valence-corrected chi connectivity index (χ4v) is 1.36. The summed E-state index contributed by atoms with van der Waals surface area (Å²) in [6.07, 6.45) is 0.530. The molecule has 0 unspecified atom stereocenters. The molecule has 0 aliphatic carbocycles. The second kappa shape index (κ2) is 3.72. The van der Waals surface area contributed by atoms with Gasteiger partial charge in [-0.25, -0.2) is 0 Å². The molecule has 2 heteroatoms. The Morgan fingerprint density at radius 3 is 2.40 bits per heavy atom. The first-order valence-electron chi connectivity index (χ1n) is 3.00. The van der Waals surface area contributed by atoms with Crippen LogP contribution in [0.5, 0.6) is 0 Å². The molecule has 1 aromatic rings. The molecule has 0 atom stereocenters. The molecule has 0 fully saturated rings. The van der Waals surface area contributed by atoms with Crippen LogP contribution in [0.3, 0.4) is 0 Å². The minimum atomic E-state index is 0.530. The van der Waals surface area contributed by atoms with Crippen LogP contribution < -0.4 is 3.12 Å². The number of hydrogen-bond acceptors (Lipinski definition) is 1. The first kappa shape index (κ1) is 7.74. The summed E-state index contributed by atoms with van der Waals surface area (Å²) in [5, 5.41) is 8.35. The van der Waals surface area contributed by atoms with E-state index in [9.17, 15) is 0 Å². The van der Waals surface area contributed by atoms with Crippen LogP contribution in [0.15, 0.2) is 24.3 Å². The Kier molecular flexibility index (Phi) is 2.87. The van der Waals surface area contributed by atoms with Crippen LogP contribution in [-0.4, -0.2) is 25.8 Å². The SMILES string of the molecule is N#CCc1cc[c]([Pb])cc1. The van der Waals surface area contributed by atoms with E-state index >= 15 is 0 Å². The van der Waals surface area contributed by atoms with Gasteiger partial charge in [0.1, 0.15) is 0 Å². The Labute approximate surface area is 76.4 Å². The Morgan fingerprint density at radius 1 is 1.30 bits per heavy atom. The van der Waals surface area contributed by atoms with Gasteiger partial charge in [0.05, 0.1) is 0 Å². The standard InChI is InChI=1S/C8H6N.Pb/c9-7-6-8-4-2-1-3-5-8;/h2-5H,6H2;. The van der Waals surface area contributed by atoms with E-state index in [0.717, 1.165) is 31.3 Å². The minimum absolute atomic E-state index is 0.530. The third-order valence-electron chi connectivity index (χ3n) is 1.24. The molecule has 0 aromatic heterocycles. The van der Waals surface area contributed by atoms with Crippen LogP contribution in [0.1, 0.15) is 5.56 Å². The fourth-order valence-electron chi connectivity index (χ4n) is 0.714. The summed E-state index contributed by atoms with van der Waals surface area (Å²) in [6.45, 7) is 0. The number of rotatable bonds is 1.